The van der Waals surface area contributed by atoms with E-state index in [0.29, 0.717) is 30.5 Å². The number of hydrogen-bond donors (Lipinski definition) is 1. The van der Waals surface area contributed by atoms with Gasteiger partial charge in [0.25, 0.3) is 0 Å². The van der Waals surface area contributed by atoms with Crippen molar-refractivity contribution in [3.63, 3.8) is 0 Å². The third kappa shape index (κ3) is 5.65. The highest BCUT2D eigenvalue weighted by Gasteiger charge is 2.11. The first-order valence-electron chi connectivity index (χ1n) is 8.77. The minimum absolute atomic E-state index is 0.425. The van der Waals surface area contributed by atoms with Gasteiger partial charge in [0.05, 0.1) is 6.61 Å². The molecule has 3 nitrogen and oxygen atoms in total. The van der Waals surface area contributed by atoms with Gasteiger partial charge in [0.1, 0.15) is 6.61 Å². The number of benzene rings is 3. The van der Waals surface area contributed by atoms with Crippen LogP contribution in [0.15, 0.2) is 71.2 Å². The summed E-state index contributed by atoms with van der Waals surface area (Å²) in [6.07, 6.45) is 0. The van der Waals surface area contributed by atoms with Crippen LogP contribution in [0.2, 0.25) is 5.02 Å². The van der Waals surface area contributed by atoms with Crippen LogP contribution in [0.4, 0.5) is 5.69 Å². The van der Waals surface area contributed by atoms with Gasteiger partial charge >= 0.3 is 0 Å². The SMILES string of the molecule is CCOc1cc(CNc2ccccc2)c(Br)cc1OCc1cccc(Cl)c1. The summed E-state index contributed by atoms with van der Waals surface area (Å²) in [4.78, 5) is 0. The van der Waals surface area contributed by atoms with Crippen LogP contribution in [0.1, 0.15) is 18.1 Å². The molecule has 0 aliphatic carbocycles. The highest BCUT2D eigenvalue weighted by Crippen LogP contribution is 2.35. The number of rotatable bonds is 8. The standard InChI is InChI=1S/C22H21BrClNO2/c1-2-26-21-12-17(14-25-19-9-4-3-5-10-19)20(23)13-22(21)27-15-16-7-6-8-18(24)11-16/h3-13,25H,2,14-15H2,1H3. The third-order valence-corrected chi connectivity index (χ3v) is 4.93. The molecule has 0 unspecified atom stereocenters. The molecule has 3 aromatic rings. The van der Waals surface area contributed by atoms with Gasteiger partial charge in [-0.15, -0.1) is 0 Å². The molecule has 0 saturated carbocycles. The number of anilines is 1. The Bertz CT molecular complexity index is 887. The molecule has 0 spiro atoms. The molecular formula is C22H21BrClNO2. The smallest absolute Gasteiger partial charge is 0.162 e. The minimum atomic E-state index is 0.425. The predicted octanol–water partition coefficient (Wildman–Crippen LogP) is 6.69. The summed E-state index contributed by atoms with van der Waals surface area (Å²) in [7, 11) is 0. The zero-order chi connectivity index (χ0) is 19.1. The summed E-state index contributed by atoms with van der Waals surface area (Å²) in [5.41, 5.74) is 3.18. The fourth-order valence-electron chi connectivity index (χ4n) is 2.63. The molecule has 0 saturated heterocycles. The highest BCUT2D eigenvalue weighted by atomic mass is 79.9. The molecule has 1 N–H and O–H groups in total. The van der Waals surface area contributed by atoms with Gasteiger partial charge in [-0.1, -0.05) is 57.9 Å². The molecule has 5 heteroatoms. The molecule has 140 valence electrons. The first-order chi connectivity index (χ1) is 13.2. The van der Waals surface area contributed by atoms with Crippen molar-refractivity contribution in [1.82, 2.24) is 0 Å². The zero-order valence-corrected chi connectivity index (χ0v) is 17.4. The van der Waals surface area contributed by atoms with Crippen molar-refractivity contribution >= 4 is 33.2 Å². The quantitative estimate of drug-likeness (QED) is 0.418. The van der Waals surface area contributed by atoms with Gasteiger partial charge in [-0.3, -0.25) is 0 Å². The van der Waals surface area contributed by atoms with E-state index in [9.17, 15) is 0 Å². The Morgan fingerprint density at radius 2 is 1.70 bits per heavy atom. The van der Waals surface area contributed by atoms with Crippen molar-refractivity contribution in [2.75, 3.05) is 11.9 Å². The van der Waals surface area contributed by atoms with E-state index < -0.39 is 0 Å². The average Bonchev–Trinajstić information content (AvgIpc) is 2.68. The van der Waals surface area contributed by atoms with Crippen molar-refractivity contribution in [2.45, 2.75) is 20.1 Å². The fourth-order valence-corrected chi connectivity index (χ4v) is 3.31. The topological polar surface area (TPSA) is 30.5 Å². The lowest BCUT2D eigenvalue weighted by Crippen LogP contribution is -2.04. The Kier molecular flexibility index (Phi) is 7.02. The van der Waals surface area contributed by atoms with Crippen molar-refractivity contribution in [1.29, 1.82) is 0 Å². The van der Waals surface area contributed by atoms with E-state index in [1.807, 2.05) is 73.7 Å². The van der Waals surface area contributed by atoms with Crippen LogP contribution in [0, 0.1) is 0 Å². The zero-order valence-electron chi connectivity index (χ0n) is 15.0. The Balaban J connectivity index is 1.74. The molecule has 3 aromatic carbocycles. The first kappa shape index (κ1) is 19.6. The summed E-state index contributed by atoms with van der Waals surface area (Å²) < 4.78 is 12.8. The summed E-state index contributed by atoms with van der Waals surface area (Å²) in [6.45, 7) is 3.64. The Labute approximate surface area is 173 Å². The van der Waals surface area contributed by atoms with Crippen molar-refractivity contribution in [3.8, 4) is 11.5 Å². The van der Waals surface area contributed by atoms with Gasteiger partial charge in [0.2, 0.25) is 0 Å². The summed E-state index contributed by atoms with van der Waals surface area (Å²) >= 11 is 9.69. The second-order valence-electron chi connectivity index (χ2n) is 5.96. The van der Waals surface area contributed by atoms with Gasteiger partial charge in [0.15, 0.2) is 11.5 Å². The Morgan fingerprint density at radius 3 is 2.44 bits per heavy atom. The highest BCUT2D eigenvalue weighted by molar-refractivity contribution is 9.10. The molecule has 0 heterocycles. The lowest BCUT2D eigenvalue weighted by Gasteiger charge is -2.16. The van der Waals surface area contributed by atoms with Crippen molar-refractivity contribution in [2.24, 2.45) is 0 Å². The van der Waals surface area contributed by atoms with E-state index in [2.05, 4.69) is 21.2 Å². The number of halogens is 2. The van der Waals surface area contributed by atoms with Crippen LogP contribution in [-0.2, 0) is 13.2 Å². The normalized spacial score (nSPS) is 10.5. The van der Waals surface area contributed by atoms with Gasteiger partial charge < -0.3 is 14.8 Å². The molecule has 0 aliphatic rings. The molecule has 0 radical (unpaired) electrons. The van der Waals surface area contributed by atoms with Crippen molar-refractivity contribution in [3.05, 3.63) is 87.4 Å². The van der Waals surface area contributed by atoms with E-state index in [4.69, 9.17) is 21.1 Å². The summed E-state index contributed by atoms with van der Waals surface area (Å²) in [5.74, 6) is 1.43. The largest absolute Gasteiger partial charge is 0.490 e. The maximum atomic E-state index is 6.04. The maximum Gasteiger partial charge on any atom is 0.162 e. The average molecular weight is 447 g/mol. The van der Waals surface area contributed by atoms with Crippen LogP contribution in [0.3, 0.4) is 0 Å². The second-order valence-corrected chi connectivity index (χ2v) is 7.25. The van der Waals surface area contributed by atoms with E-state index in [0.717, 1.165) is 27.0 Å². The van der Waals surface area contributed by atoms with Crippen LogP contribution in [0.5, 0.6) is 11.5 Å². The molecule has 0 amide bonds. The minimum Gasteiger partial charge on any atom is -0.490 e. The first-order valence-corrected chi connectivity index (χ1v) is 9.94. The van der Waals surface area contributed by atoms with Crippen LogP contribution < -0.4 is 14.8 Å². The molecule has 0 fully saturated rings. The molecule has 3 rings (SSSR count). The summed E-state index contributed by atoms with van der Waals surface area (Å²) in [5, 5.41) is 4.11. The number of para-hydroxylation sites is 1. The fraction of sp³-hybridized carbons (Fsp3) is 0.182. The van der Waals surface area contributed by atoms with Crippen molar-refractivity contribution < 1.29 is 9.47 Å². The molecule has 0 aromatic heterocycles. The lowest BCUT2D eigenvalue weighted by atomic mass is 10.2. The Hall–Kier alpha value is -2.17. The van der Waals surface area contributed by atoms with Crippen LogP contribution in [0.25, 0.3) is 0 Å². The summed E-state index contributed by atoms with van der Waals surface area (Å²) in [6, 6.07) is 21.7. The van der Waals surface area contributed by atoms with Crippen LogP contribution >= 0.6 is 27.5 Å². The molecular weight excluding hydrogens is 426 g/mol. The molecule has 0 aliphatic heterocycles. The van der Waals surface area contributed by atoms with Gasteiger partial charge in [0, 0.05) is 21.7 Å². The Morgan fingerprint density at radius 1 is 0.926 bits per heavy atom. The predicted molar refractivity (Wildman–Crippen MR) is 115 cm³/mol. The second kappa shape index (κ2) is 9.67. The molecule has 0 bridgehead atoms. The maximum absolute atomic E-state index is 6.04. The lowest BCUT2D eigenvalue weighted by molar-refractivity contribution is 0.269. The van der Waals surface area contributed by atoms with E-state index >= 15 is 0 Å². The number of ether oxygens (including phenoxy) is 2. The van der Waals surface area contributed by atoms with Gasteiger partial charge in [-0.25, -0.2) is 0 Å². The van der Waals surface area contributed by atoms with E-state index in [1.54, 1.807) is 0 Å². The van der Waals surface area contributed by atoms with Gasteiger partial charge in [-0.2, -0.15) is 0 Å². The van der Waals surface area contributed by atoms with E-state index in [1.165, 1.54) is 0 Å². The van der Waals surface area contributed by atoms with E-state index in [-0.39, 0.29) is 0 Å². The number of nitrogens with one attached hydrogen (secondary N) is 1. The molecule has 0 atom stereocenters. The molecule has 27 heavy (non-hydrogen) atoms. The van der Waals surface area contributed by atoms with Crippen LogP contribution in [-0.4, -0.2) is 6.61 Å². The monoisotopic (exact) mass is 445 g/mol. The number of hydrogen-bond acceptors (Lipinski definition) is 3. The van der Waals surface area contributed by atoms with Gasteiger partial charge in [-0.05, 0) is 54.4 Å². The third-order valence-electron chi connectivity index (χ3n) is 3.95.